The van der Waals surface area contributed by atoms with Crippen molar-refractivity contribution in [2.45, 2.75) is 13.8 Å². The maximum absolute atomic E-state index is 12.5. The van der Waals surface area contributed by atoms with Crippen molar-refractivity contribution in [1.82, 2.24) is 4.57 Å². The van der Waals surface area contributed by atoms with E-state index in [-0.39, 0.29) is 5.91 Å². The lowest BCUT2D eigenvalue weighted by Crippen LogP contribution is -2.13. The Morgan fingerprint density at radius 3 is 2.45 bits per heavy atom. The van der Waals surface area contributed by atoms with Crippen LogP contribution in [-0.4, -0.2) is 10.5 Å². The lowest BCUT2D eigenvalue weighted by Gasteiger charge is -2.11. The van der Waals surface area contributed by atoms with Crippen LogP contribution in [0.2, 0.25) is 0 Å². The first-order chi connectivity index (χ1) is 10.6. The van der Waals surface area contributed by atoms with Gasteiger partial charge in [-0.1, -0.05) is 18.2 Å². The van der Waals surface area contributed by atoms with Gasteiger partial charge in [0.05, 0.1) is 0 Å². The number of aryl methyl sites for hydroxylation is 1. The molecule has 2 aromatic carbocycles. The van der Waals surface area contributed by atoms with Crippen molar-refractivity contribution in [1.29, 1.82) is 0 Å². The van der Waals surface area contributed by atoms with E-state index in [0.29, 0.717) is 5.56 Å². The predicted molar refractivity (Wildman–Crippen MR) is 89.6 cm³/mol. The molecule has 0 aliphatic rings. The molecule has 0 saturated heterocycles. The number of carbonyl (C=O) groups excluding carboxylic acids is 1. The standard InChI is InChI=1S/C19H18N2O/c1-14-7-5-10-18(15(14)2)20-19(22)16-8-6-9-17(13-16)21-11-3-4-12-21/h3-13H,1-2H3,(H,20,22). The van der Waals surface area contributed by atoms with Gasteiger partial charge in [-0.15, -0.1) is 0 Å². The van der Waals surface area contributed by atoms with Crippen LogP contribution in [0.1, 0.15) is 21.5 Å². The molecule has 1 N–H and O–H groups in total. The monoisotopic (exact) mass is 290 g/mol. The largest absolute Gasteiger partial charge is 0.324 e. The normalized spacial score (nSPS) is 10.5. The van der Waals surface area contributed by atoms with Gasteiger partial charge in [0, 0.05) is 29.3 Å². The van der Waals surface area contributed by atoms with E-state index in [0.717, 1.165) is 16.9 Å². The van der Waals surface area contributed by atoms with Crippen molar-refractivity contribution < 1.29 is 4.79 Å². The van der Waals surface area contributed by atoms with Crippen molar-refractivity contribution in [3.05, 3.63) is 83.7 Å². The average molecular weight is 290 g/mol. The first-order valence-corrected chi connectivity index (χ1v) is 7.26. The number of benzene rings is 2. The molecule has 0 atom stereocenters. The van der Waals surface area contributed by atoms with Gasteiger partial charge in [-0.2, -0.15) is 0 Å². The molecule has 1 heterocycles. The number of anilines is 1. The predicted octanol–water partition coefficient (Wildman–Crippen LogP) is 4.35. The summed E-state index contributed by atoms with van der Waals surface area (Å²) >= 11 is 0. The Morgan fingerprint density at radius 2 is 1.68 bits per heavy atom. The summed E-state index contributed by atoms with van der Waals surface area (Å²) in [6.45, 7) is 4.05. The molecule has 1 aromatic heterocycles. The molecule has 110 valence electrons. The summed E-state index contributed by atoms with van der Waals surface area (Å²) in [6, 6.07) is 17.4. The number of carbonyl (C=O) groups is 1. The van der Waals surface area contributed by atoms with Gasteiger partial charge >= 0.3 is 0 Å². The van der Waals surface area contributed by atoms with Gasteiger partial charge in [0.2, 0.25) is 0 Å². The van der Waals surface area contributed by atoms with Crippen molar-refractivity contribution in [3.8, 4) is 5.69 Å². The summed E-state index contributed by atoms with van der Waals surface area (Å²) < 4.78 is 1.98. The number of rotatable bonds is 3. The molecule has 0 aliphatic heterocycles. The molecule has 0 radical (unpaired) electrons. The summed E-state index contributed by atoms with van der Waals surface area (Å²) in [5, 5.41) is 2.99. The molecule has 0 unspecified atom stereocenters. The van der Waals surface area contributed by atoms with Crippen LogP contribution in [0.3, 0.4) is 0 Å². The summed E-state index contributed by atoms with van der Waals surface area (Å²) in [5.74, 6) is -0.0947. The molecule has 3 aromatic rings. The number of amides is 1. The SMILES string of the molecule is Cc1cccc(NC(=O)c2cccc(-n3cccc3)c2)c1C. The quantitative estimate of drug-likeness (QED) is 0.764. The van der Waals surface area contributed by atoms with E-state index in [4.69, 9.17) is 0 Å². The first-order valence-electron chi connectivity index (χ1n) is 7.26. The molecule has 0 spiro atoms. The molecule has 1 amide bonds. The average Bonchev–Trinajstić information content (AvgIpc) is 3.06. The molecule has 0 saturated carbocycles. The zero-order valence-corrected chi connectivity index (χ0v) is 12.7. The number of hydrogen-bond donors (Lipinski definition) is 1. The van der Waals surface area contributed by atoms with Crippen LogP contribution < -0.4 is 5.32 Å². The lowest BCUT2D eigenvalue weighted by molar-refractivity contribution is 0.102. The Balaban J connectivity index is 1.87. The Morgan fingerprint density at radius 1 is 0.955 bits per heavy atom. The highest BCUT2D eigenvalue weighted by molar-refractivity contribution is 6.05. The van der Waals surface area contributed by atoms with Crippen LogP contribution in [0.15, 0.2) is 67.0 Å². The lowest BCUT2D eigenvalue weighted by atomic mass is 10.1. The Hall–Kier alpha value is -2.81. The second kappa shape index (κ2) is 5.90. The fraction of sp³-hybridized carbons (Fsp3) is 0.105. The third-order valence-corrected chi connectivity index (χ3v) is 3.86. The van der Waals surface area contributed by atoms with Crippen LogP contribution in [0.25, 0.3) is 5.69 Å². The number of nitrogens with one attached hydrogen (secondary N) is 1. The topological polar surface area (TPSA) is 34.0 Å². The Bertz CT molecular complexity index is 804. The minimum absolute atomic E-state index is 0.0947. The molecule has 3 nitrogen and oxygen atoms in total. The van der Waals surface area contributed by atoms with Gasteiger partial charge in [0.1, 0.15) is 0 Å². The molecular weight excluding hydrogens is 272 g/mol. The van der Waals surface area contributed by atoms with Crippen LogP contribution >= 0.6 is 0 Å². The van der Waals surface area contributed by atoms with Gasteiger partial charge in [-0.3, -0.25) is 4.79 Å². The van der Waals surface area contributed by atoms with E-state index in [1.54, 1.807) is 0 Å². The molecular formula is C19H18N2O. The number of aromatic nitrogens is 1. The zero-order valence-electron chi connectivity index (χ0n) is 12.7. The van der Waals surface area contributed by atoms with Crippen LogP contribution in [0, 0.1) is 13.8 Å². The van der Waals surface area contributed by atoms with Gasteiger partial charge in [0.25, 0.3) is 5.91 Å². The van der Waals surface area contributed by atoms with E-state index in [2.05, 4.69) is 5.32 Å². The van der Waals surface area contributed by atoms with Crippen LogP contribution in [0.4, 0.5) is 5.69 Å². The Labute approximate surface area is 130 Å². The number of hydrogen-bond acceptors (Lipinski definition) is 1. The highest BCUT2D eigenvalue weighted by atomic mass is 16.1. The van der Waals surface area contributed by atoms with E-state index in [9.17, 15) is 4.79 Å². The van der Waals surface area contributed by atoms with Crippen LogP contribution in [-0.2, 0) is 0 Å². The third kappa shape index (κ3) is 2.79. The van der Waals surface area contributed by atoms with Gasteiger partial charge in [-0.05, 0) is 61.4 Å². The third-order valence-electron chi connectivity index (χ3n) is 3.86. The maximum Gasteiger partial charge on any atom is 0.255 e. The maximum atomic E-state index is 12.5. The Kier molecular flexibility index (Phi) is 3.79. The van der Waals surface area contributed by atoms with E-state index < -0.39 is 0 Å². The highest BCUT2D eigenvalue weighted by Gasteiger charge is 2.09. The fourth-order valence-electron chi connectivity index (χ4n) is 2.40. The number of nitrogens with zero attached hydrogens (tertiary/aromatic N) is 1. The molecule has 3 rings (SSSR count). The van der Waals surface area contributed by atoms with E-state index >= 15 is 0 Å². The first kappa shape index (κ1) is 14.1. The zero-order chi connectivity index (χ0) is 15.5. The summed E-state index contributed by atoms with van der Waals surface area (Å²) in [5.41, 5.74) is 4.73. The second-order valence-corrected chi connectivity index (χ2v) is 5.34. The second-order valence-electron chi connectivity index (χ2n) is 5.34. The smallest absolute Gasteiger partial charge is 0.255 e. The molecule has 0 aliphatic carbocycles. The van der Waals surface area contributed by atoms with Crippen molar-refractivity contribution in [3.63, 3.8) is 0 Å². The summed E-state index contributed by atoms with van der Waals surface area (Å²) in [7, 11) is 0. The molecule has 0 bridgehead atoms. The minimum atomic E-state index is -0.0947. The van der Waals surface area contributed by atoms with Gasteiger partial charge in [0.15, 0.2) is 0 Å². The van der Waals surface area contributed by atoms with Gasteiger partial charge in [-0.25, -0.2) is 0 Å². The van der Waals surface area contributed by atoms with Crippen molar-refractivity contribution in [2.75, 3.05) is 5.32 Å². The molecule has 0 fully saturated rings. The van der Waals surface area contributed by atoms with E-state index in [1.807, 2.05) is 85.4 Å². The summed E-state index contributed by atoms with van der Waals surface area (Å²) in [4.78, 5) is 12.5. The van der Waals surface area contributed by atoms with E-state index in [1.165, 1.54) is 5.56 Å². The molecule has 22 heavy (non-hydrogen) atoms. The van der Waals surface area contributed by atoms with Crippen molar-refractivity contribution in [2.24, 2.45) is 0 Å². The summed E-state index contributed by atoms with van der Waals surface area (Å²) in [6.07, 6.45) is 3.92. The highest BCUT2D eigenvalue weighted by Crippen LogP contribution is 2.19. The fourth-order valence-corrected chi connectivity index (χ4v) is 2.40. The minimum Gasteiger partial charge on any atom is -0.324 e. The molecule has 3 heteroatoms. The van der Waals surface area contributed by atoms with Crippen molar-refractivity contribution >= 4 is 11.6 Å². The van der Waals surface area contributed by atoms with Gasteiger partial charge < -0.3 is 9.88 Å². The van der Waals surface area contributed by atoms with Crippen LogP contribution in [0.5, 0.6) is 0 Å².